The van der Waals surface area contributed by atoms with E-state index in [1.165, 1.54) is 30.6 Å². The smallest absolute Gasteiger partial charge is 0.274 e. The van der Waals surface area contributed by atoms with Gasteiger partial charge in [-0.2, -0.15) is 0 Å². The fraction of sp³-hybridized carbons (Fsp3) is 0.615. The molecule has 1 aliphatic rings. The van der Waals surface area contributed by atoms with Crippen LogP contribution in [0.5, 0.6) is 0 Å². The zero-order chi connectivity index (χ0) is 14.3. The van der Waals surface area contributed by atoms with E-state index in [0.717, 1.165) is 18.2 Å². The lowest BCUT2D eigenvalue weighted by Crippen LogP contribution is -2.29. The van der Waals surface area contributed by atoms with Crippen molar-refractivity contribution < 1.29 is 0 Å². The van der Waals surface area contributed by atoms with Crippen LogP contribution in [-0.2, 0) is 0 Å². The van der Waals surface area contributed by atoms with E-state index in [-0.39, 0.29) is 11.6 Å². The van der Waals surface area contributed by atoms with Gasteiger partial charge in [-0.15, -0.1) is 0 Å². The van der Waals surface area contributed by atoms with Crippen LogP contribution in [0, 0.1) is 4.77 Å². The van der Waals surface area contributed by atoms with Crippen LogP contribution in [0.4, 0.5) is 5.13 Å². The highest BCUT2D eigenvalue weighted by molar-refractivity contribution is 7.71. The van der Waals surface area contributed by atoms with Crippen LogP contribution in [0.3, 0.4) is 0 Å². The first-order valence-corrected chi connectivity index (χ1v) is 8.20. The Morgan fingerprint density at radius 2 is 2.00 bits per heavy atom. The fourth-order valence-corrected chi connectivity index (χ4v) is 3.99. The van der Waals surface area contributed by atoms with E-state index < -0.39 is 0 Å². The fourth-order valence-electron chi connectivity index (χ4n) is 2.59. The molecule has 2 aromatic rings. The van der Waals surface area contributed by atoms with E-state index in [0.29, 0.717) is 15.1 Å². The molecule has 0 radical (unpaired) electrons. The summed E-state index contributed by atoms with van der Waals surface area (Å²) in [5.74, 6) is 0. The van der Waals surface area contributed by atoms with E-state index in [4.69, 9.17) is 12.2 Å². The van der Waals surface area contributed by atoms with Crippen molar-refractivity contribution in [1.29, 1.82) is 0 Å². The van der Waals surface area contributed by atoms with Crippen LogP contribution in [0.25, 0.3) is 10.3 Å². The third kappa shape index (κ3) is 2.29. The van der Waals surface area contributed by atoms with Gasteiger partial charge in [0, 0.05) is 19.1 Å². The van der Waals surface area contributed by atoms with Gasteiger partial charge in [0.05, 0.1) is 0 Å². The second-order valence-corrected chi connectivity index (χ2v) is 6.79. The van der Waals surface area contributed by atoms with Crippen molar-refractivity contribution >= 4 is 39.0 Å². The van der Waals surface area contributed by atoms with Crippen molar-refractivity contribution in [2.75, 3.05) is 18.0 Å². The molecule has 108 valence electrons. The molecular formula is C13H18N4OS2. The molecule has 0 unspecified atom stereocenters. The van der Waals surface area contributed by atoms with Crippen molar-refractivity contribution in [3.05, 3.63) is 15.1 Å². The molecule has 0 aromatic carbocycles. The Morgan fingerprint density at radius 3 is 2.65 bits per heavy atom. The van der Waals surface area contributed by atoms with Crippen LogP contribution in [0.2, 0.25) is 0 Å². The monoisotopic (exact) mass is 310 g/mol. The molecule has 3 rings (SSSR count). The van der Waals surface area contributed by atoms with Crippen LogP contribution in [-0.4, -0.2) is 27.6 Å². The molecule has 2 aromatic heterocycles. The number of piperidine rings is 1. The van der Waals surface area contributed by atoms with E-state index >= 15 is 0 Å². The number of hydrogen-bond acceptors (Lipinski definition) is 5. The van der Waals surface area contributed by atoms with Crippen LogP contribution >= 0.6 is 23.6 Å². The number of nitrogens with one attached hydrogen (secondary N) is 1. The van der Waals surface area contributed by atoms with E-state index in [9.17, 15) is 4.79 Å². The second-order valence-electron chi connectivity index (χ2n) is 5.42. The first kappa shape index (κ1) is 13.8. The van der Waals surface area contributed by atoms with Crippen LogP contribution in [0.15, 0.2) is 4.79 Å². The number of fused-ring (bicyclic) bond motifs is 1. The number of thiazole rings is 1. The molecule has 20 heavy (non-hydrogen) atoms. The van der Waals surface area contributed by atoms with Gasteiger partial charge in [-0.25, -0.2) is 4.98 Å². The van der Waals surface area contributed by atoms with Gasteiger partial charge in [-0.1, -0.05) is 11.3 Å². The molecule has 7 heteroatoms. The topological polar surface area (TPSA) is 53.9 Å². The number of aromatic nitrogens is 3. The number of nitrogens with zero attached hydrogens (tertiary/aromatic N) is 3. The van der Waals surface area contributed by atoms with Gasteiger partial charge in [-0.05, 0) is 45.3 Å². The first-order valence-electron chi connectivity index (χ1n) is 6.98. The largest absolute Gasteiger partial charge is 0.348 e. The van der Waals surface area contributed by atoms with Gasteiger partial charge in [0.15, 0.2) is 15.5 Å². The van der Waals surface area contributed by atoms with Crippen molar-refractivity contribution in [1.82, 2.24) is 14.5 Å². The van der Waals surface area contributed by atoms with Crippen molar-refractivity contribution in [2.45, 2.75) is 39.2 Å². The normalized spacial score (nSPS) is 16.2. The quantitative estimate of drug-likeness (QED) is 0.866. The predicted octanol–water partition coefficient (Wildman–Crippen LogP) is 3.09. The summed E-state index contributed by atoms with van der Waals surface area (Å²) >= 11 is 6.74. The van der Waals surface area contributed by atoms with E-state index in [1.807, 2.05) is 13.8 Å². The van der Waals surface area contributed by atoms with E-state index in [1.54, 1.807) is 4.57 Å². The Labute approximate surface area is 126 Å². The highest BCUT2D eigenvalue weighted by atomic mass is 32.1. The van der Waals surface area contributed by atoms with Gasteiger partial charge in [0.25, 0.3) is 5.56 Å². The molecule has 0 bridgehead atoms. The van der Waals surface area contributed by atoms with Crippen LogP contribution < -0.4 is 10.5 Å². The number of aromatic amines is 1. The summed E-state index contributed by atoms with van der Waals surface area (Å²) in [5, 5.41) is 0.934. The maximum absolute atomic E-state index is 12.5. The summed E-state index contributed by atoms with van der Waals surface area (Å²) in [6.45, 7) is 5.98. The minimum Gasteiger partial charge on any atom is -0.348 e. The molecule has 0 saturated carbocycles. The Hall–Kier alpha value is -1.21. The molecule has 1 aliphatic heterocycles. The van der Waals surface area contributed by atoms with Crippen molar-refractivity contribution in [3.8, 4) is 0 Å². The lowest BCUT2D eigenvalue weighted by atomic mass is 10.1. The second kappa shape index (κ2) is 5.29. The molecule has 1 fully saturated rings. The average molecular weight is 310 g/mol. The van der Waals surface area contributed by atoms with Crippen molar-refractivity contribution in [2.24, 2.45) is 0 Å². The Morgan fingerprint density at radius 1 is 1.30 bits per heavy atom. The lowest BCUT2D eigenvalue weighted by Gasteiger charge is -2.25. The van der Waals surface area contributed by atoms with Gasteiger partial charge < -0.3 is 9.88 Å². The molecule has 3 heterocycles. The van der Waals surface area contributed by atoms with Gasteiger partial charge in [0.1, 0.15) is 4.70 Å². The molecule has 0 atom stereocenters. The summed E-state index contributed by atoms with van der Waals surface area (Å²) in [4.78, 5) is 22.4. The molecule has 1 N–H and O–H groups in total. The summed E-state index contributed by atoms with van der Waals surface area (Å²) in [7, 11) is 0. The molecule has 0 amide bonds. The van der Waals surface area contributed by atoms with Crippen LogP contribution in [0.1, 0.15) is 39.2 Å². The summed E-state index contributed by atoms with van der Waals surface area (Å²) in [6.07, 6.45) is 3.67. The van der Waals surface area contributed by atoms with Gasteiger partial charge in [0.2, 0.25) is 0 Å². The highest BCUT2D eigenvalue weighted by Crippen LogP contribution is 2.27. The maximum atomic E-state index is 12.5. The Balaban J connectivity index is 2.14. The molecule has 0 aliphatic carbocycles. The predicted molar refractivity (Wildman–Crippen MR) is 85.5 cm³/mol. The Kier molecular flexibility index (Phi) is 3.64. The third-order valence-electron chi connectivity index (χ3n) is 3.62. The molecular weight excluding hydrogens is 292 g/mol. The Bertz CT molecular complexity index is 737. The SMILES string of the molecule is CC(C)n1c(=S)[nH]c2nc(N3CCCCC3)sc2c1=O. The number of anilines is 1. The summed E-state index contributed by atoms with van der Waals surface area (Å²) < 4.78 is 2.75. The number of H-pyrrole nitrogens is 1. The minimum atomic E-state index is -0.0282. The average Bonchev–Trinajstić information content (AvgIpc) is 2.83. The van der Waals surface area contributed by atoms with Gasteiger partial charge in [-0.3, -0.25) is 9.36 Å². The zero-order valence-electron chi connectivity index (χ0n) is 11.7. The highest BCUT2D eigenvalue weighted by Gasteiger charge is 2.18. The van der Waals surface area contributed by atoms with Gasteiger partial charge >= 0.3 is 0 Å². The lowest BCUT2D eigenvalue weighted by molar-refractivity contribution is 0.565. The number of hydrogen-bond donors (Lipinski definition) is 1. The summed E-state index contributed by atoms with van der Waals surface area (Å²) in [5.41, 5.74) is 0.599. The van der Waals surface area contributed by atoms with Crippen molar-refractivity contribution in [3.63, 3.8) is 0 Å². The molecule has 5 nitrogen and oxygen atoms in total. The number of rotatable bonds is 2. The molecule has 1 saturated heterocycles. The van der Waals surface area contributed by atoms with E-state index in [2.05, 4.69) is 14.9 Å². The first-order chi connectivity index (χ1) is 9.58. The molecule has 0 spiro atoms. The maximum Gasteiger partial charge on any atom is 0.274 e. The standard InChI is InChI=1S/C13H18N4OS2/c1-8(2)17-11(18)9-10(14-12(17)19)15-13(20-9)16-6-4-3-5-7-16/h8H,3-7H2,1-2H3,(H,14,19). The third-order valence-corrected chi connectivity index (χ3v) is 5.02. The summed E-state index contributed by atoms with van der Waals surface area (Å²) in [6, 6.07) is 0.0520. The minimum absolute atomic E-state index is 0.0282. The zero-order valence-corrected chi connectivity index (χ0v) is 13.3.